The zero-order chi connectivity index (χ0) is 18.7. The molecule has 3 rings (SSSR count). The Morgan fingerprint density at radius 2 is 2.04 bits per heavy atom. The lowest BCUT2D eigenvalue weighted by Crippen LogP contribution is -2.33. The smallest absolute Gasteiger partial charge is 0.289 e. The molecular weight excluding hydrogens is 330 g/mol. The van der Waals surface area contributed by atoms with Gasteiger partial charge in [0.25, 0.3) is 5.91 Å². The summed E-state index contributed by atoms with van der Waals surface area (Å²) in [6.45, 7) is 11.0. The molecule has 0 spiro atoms. The lowest BCUT2D eigenvalue weighted by atomic mass is 10.1. The molecule has 1 aliphatic heterocycles. The van der Waals surface area contributed by atoms with E-state index in [1.165, 1.54) is 0 Å². The number of amides is 1. The van der Waals surface area contributed by atoms with Crippen molar-refractivity contribution in [1.29, 1.82) is 0 Å². The quantitative estimate of drug-likeness (QED) is 0.855. The van der Waals surface area contributed by atoms with Gasteiger partial charge in [-0.15, -0.1) is 0 Å². The third-order valence-corrected chi connectivity index (χ3v) is 4.75. The van der Waals surface area contributed by atoms with Gasteiger partial charge >= 0.3 is 0 Å². The first-order valence-electron chi connectivity index (χ1n) is 9.34. The molecule has 1 atom stereocenters. The Bertz CT molecular complexity index is 798. The van der Waals surface area contributed by atoms with Gasteiger partial charge in [-0.3, -0.25) is 4.79 Å². The van der Waals surface area contributed by atoms with Crippen LogP contribution in [0, 0.1) is 13.8 Å². The average molecular weight is 357 g/mol. The fourth-order valence-electron chi connectivity index (χ4n) is 3.40. The Morgan fingerprint density at radius 3 is 2.69 bits per heavy atom. The number of anilines is 1. The molecule has 26 heavy (non-hydrogen) atoms. The van der Waals surface area contributed by atoms with E-state index < -0.39 is 0 Å². The first-order chi connectivity index (χ1) is 12.5. The molecule has 0 radical (unpaired) electrons. The van der Waals surface area contributed by atoms with Crippen LogP contribution < -0.4 is 10.2 Å². The predicted octanol–water partition coefficient (Wildman–Crippen LogP) is 2.40. The first kappa shape index (κ1) is 18.5. The number of carbonyl (C=O) groups excluding carboxylic acids is 1. The van der Waals surface area contributed by atoms with Crippen molar-refractivity contribution >= 4 is 22.8 Å². The van der Waals surface area contributed by atoms with Gasteiger partial charge < -0.3 is 15.0 Å². The molecule has 0 unspecified atom stereocenters. The molecule has 2 aromatic heterocycles. The summed E-state index contributed by atoms with van der Waals surface area (Å²) in [5, 5.41) is 3.81. The summed E-state index contributed by atoms with van der Waals surface area (Å²) in [4.78, 5) is 28.4. The number of rotatable bonds is 6. The number of ether oxygens (including phenoxy) is 1. The van der Waals surface area contributed by atoms with Gasteiger partial charge in [0.05, 0.1) is 11.5 Å². The van der Waals surface area contributed by atoms with Crippen molar-refractivity contribution in [2.45, 2.75) is 46.6 Å². The van der Waals surface area contributed by atoms with Crippen LogP contribution in [0.5, 0.6) is 0 Å². The summed E-state index contributed by atoms with van der Waals surface area (Å²) < 4.78 is 5.56. The maximum atomic E-state index is 12.6. The summed E-state index contributed by atoms with van der Waals surface area (Å²) >= 11 is 0. The number of aromatic nitrogens is 3. The Labute approximate surface area is 154 Å². The third-order valence-electron chi connectivity index (χ3n) is 4.75. The lowest BCUT2D eigenvalue weighted by molar-refractivity contribution is 0.0849. The van der Waals surface area contributed by atoms with E-state index in [1.54, 1.807) is 0 Å². The maximum absolute atomic E-state index is 12.6. The second kappa shape index (κ2) is 7.95. The zero-order valence-electron chi connectivity index (χ0n) is 16.0. The van der Waals surface area contributed by atoms with Crippen molar-refractivity contribution in [2.24, 2.45) is 0 Å². The highest BCUT2D eigenvalue weighted by molar-refractivity contribution is 5.96. The fourth-order valence-corrected chi connectivity index (χ4v) is 3.40. The highest BCUT2D eigenvalue weighted by Gasteiger charge is 2.21. The van der Waals surface area contributed by atoms with Gasteiger partial charge in [-0.25, -0.2) is 15.0 Å². The lowest BCUT2D eigenvalue weighted by Gasteiger charge is -2.22. The molecular formula is C19H27N5O2. The molecule has 0 saturated carbocycles. The van der Waals surface area contributed by atoms with E-state index in [9.17, 15) is 4.79 Å². The van der Waals surface area contributed by atoms with Crippen molar-refractivity contribution in [3.63, 3.8) is 0 Å². The van der Waals surface area contributed by atoms with Crippen molar-refractivity contribution < 1.29 is 9.53 Å². The highest BCUT2D eigenvalue weighted by atomic mass is 16.5. The highest BCUT2D eigenvalue weighted by Crippen LogP contribution is 2.26. The minimum absolute atomic E-state index is 0.0873. The molecule has 1 fully saturated rings. The van der Waals surface area contributed by atoms with E-state index >= 15 is 0 Å². The van der Waals surface area contributed by atoms with Gasteiger partial charge in [0, 0.05) is 31.9 Å². The molecule has 1 saturated heterocycles. The van der Waals surface area contributed by atoms with Gasteiger partial charge in [0.2, 0.25) is 5.82 Å². The SMILES string of the molecule is CCN(CC)c1nc(C(=O)NC[C@H]2CCCO2)nc2nc(C)cc(C)c12. The number of hydrogen-bond acceptors (Lipinski definition) is 6. The Balaban J connectivity index is 1.98. The summed E-state index contributed by atoms with van der Waals surface area (Å²) in [5.41, 5.74) is 2.52. The minimum atomic E-state index is -0.281. The third kappa shape index (κ3) is 3.77. The molecule has 7 nitrogen and oxygen atoms in total. The number of hydrogen-bond donors (Lipinski definition) is 1. The summed E-state index contributed by atoms with van der Waals surface area (Å²) in [7, 11) is 0. The van der Waals surface area contributed by atoms with Gasteiger partial charge in [-0.05, 0) is 52.2 Å². The van der Waals surface area contributed by atoms with Crippen molar-refractivity contribution in [3.05, 3.63) is 23.1 Å². The van der Waals surface area contributed by atoms with E-state index in [1.807, 2.05) is 19.9 Å². The summed E-state index contributed by atoms with van der Waals surface area (Å²) in [6.07, 6.45) is 2.11. The van der Waals surface area contributed by atoms with Crippen LogP contribution in [-0.2, 0) is 4.74 Å². The largest absolute Gasteiger partial charge is 0.376 e. The average Bonchev–Trinajstić information content (AvgIpc) is 3.13. The van der Waals surface area contributed by atoms with E-state index in [0.29, 0.717) is 12.2 Å². The van der Waals surface area contributed by atoms with Crippen molar-refractivity contribution in [1.82, 2.24) is 20.3 Å². The normalized spacial score (nSPS) is 16.8. The van der Waals surface area contributed by atoms with E-state index in [-0.39, 0.29) is 17.8 Å². The number of nitrogens with one attached hydrogen (secondary N) is 1. The number of pyridine rings is 1. The van der Waals surface area contributed by atoms with Crippen LogP contribution >= 0.6 is 0 Å². The molecule has 7 heteroatoms. The second-order valence-electron chi connectivity index (χ2n) is 6.67. The van der Waals surface area contributed by atoms with Crippen LogP contribution in [0.2, 0.25) is 0 Å². The zero-order valence-corrected chi connectivity index (χ0v) is 16.0. The molecule has 2 aromatic rings. The summed E-state index contributed by atoms with van der Waals surface area (Å²) in [5.74, 6) is 0.652. The first-order valence-corrected chi connectivity index (χ1v) is 9.34. The van der Waals surface area contributed by atoms with Crippen LogP contribution in [0.15, 0.2) is 6.07 Å². The number of nitrogens with zero attached hydrogens (tertiary/aromatic N) is 4. The van der Waals surface area contributed by atoms with Crippen molar-refractivity contribution in [3.8, 4) is 0 Å². The van der Waals surface area contributed by atoms with Gasteiger partial charge in [-0.2, -0.15) is 0 Å². The Morgan fingerprint density at radius 1 is 1.27 bits per heavy atom. The van der Waals surface area contributed by atoms with Crippen molar-refractivity contribution in [2.75, 3.05) is 31.1 Å². The van der Waals surface area contributed by atoms with Crippen LogP contribution in [0.1, 0.15) is 48.6 Å². The maximum Gasteiger partial charge on any atom is 0.289 e. The number of carbonyl (C=O) groups is 1. The predicted molar refractivity (Wildman–Crippen MR) is 102 cm³/mol. The summed E-state index contributed by atoms with van der Waals surface area (Å²) in [6, 6.07) is 2.02. The van der Waals surface area contributed by atoms with Gasteiger partial charge in [0.15, 0.2) is 5.65 Å². The van der Waals surface area contributed by atoms with E-state index in [2.05, 4.69) is 39.0 Å². The number of aryl methyl sites for hydroxylation is 2. The molecule has 140 valence electrons. The topological polar surface area (TPSA) is 80.2 Å². The van der Waals surface area contributed by atoms with Crippen LogP contribution in [0.25, 0.3) is 11.0 Å². The minimum Gasteiger partial charge on any atom is -0.376 e. The molecule has 1 amide bonds. The second-order valence-corrected chi connectivity index (χ2v) is 6.67. The molecule has 0 bridgehead atoms. The standard InChI is InChI=1S/C19H27N5O2/c1-5-24(6-2)18-15-12(3)10-13(4)21-16(15)22-17(23-18)19(25)20-11-14-8-7-9-26-14/h10,14H,5-9,11H2,1-4H3,(H,20,25)/t14-/m1/s1. The van der Waals surface area contributed by atoms with Crippen LogP contribution in [-0.4, -0.2) is 53.2 Å². The van der Waals surface area contributed by atoms with E-state index in [4.69, 9.17) is 4.74 Å². The van der Waals surface area contributed by atoms with Crippen LogP contribution in [0.3, 0.4) is 0 Å². The molecule has 1 N–H and O–H groups in total. The van der Waals surface area contributed by atoms with E-state index in [0.717, 1.165) is 55.0 Å². The Hall–Kier alpha value is -2.28. The van der Waals surface area contributed by atoms with Gasteiger partial charge in [0.1, 0.15) is 5.82 Å². The monoisotopic (exact) mass is 357 g/mol. The Kier molecular flexibility index (Phi) is 5.66. The molecule has 3 heterocycles. The van der Waals surface area contributed by atoms with Crippen LogP contribution in [0.4, 0.5) is 5.82 Å². The molecule has 0 aromatic carbocycles. The molecule has 1 aliphatic rings. The van der Waals surface area contributed by atoms with Gasteiger partial charge in [-0.1, -0.05) is 0 Å². The fraction of sp³-hybridized carbons (Fsp3) is 0.579. The molecule has 0 aliphatic carbocycles. The number of fused-ring (bicyclic) bond motifs is 1.